The van der Waals surface area contributed by atoms with E-state index >= 15 is 0 Å². The molecule has 8 nitrogen and oxygen atoms in total. The SMILES string of the molecule is CCc1nn(CC)c(=O)c2cc(S(=O)(=O)N3CCN(c4ccc(Cl)cc4)CC3)cn12. The van der Waals surface area contributed by atoms with E-state index in [4.69, 9.17) is 11.6 Å². The second-order valence-corrected chi connectivity index (χ2v) is 9.56. The van der Waals surface area contributed by atoms with Crippen LogP contribution in [-0.2, 0) is 23.0 Å². The van der Waals surface area contributed by atoms with Gasteiger partial charge in [0.2, 0.25) is 10.0 Å². The lowest BCUT2D eigenvalue weighted by Gasteiger charge is -2.35. The van der Waals surface area contributed by atoms with Crippen LogP contribution in [0.2, 0.25) is 5.02 Å². The minimum Gasteiger partial charge on any atom is -0.369 e. The maximum atomic E-state index is 13.3. The first-order chi connectivity index (χ1) is 14.3. The van der Waals surface area contributed by atoms with Crippen LogP contribution in [0.25, 0.3) is 5.52 Å². The summed E-state index contributed by atoms with van der Waals surface area (Å²) in [5.74, 6) is 0.653. The molecule has 160 valence electrons. The Kier molecular flexibility index (Phi) is 5.61. The van der Waals surface area contributed by atoms with Crippen molar-refractivity contribution in [1.29, 1.82) is 0 Å². The van der Waals surface area contributed by atoms with Crippen molar-refractivity contribution in [3.05, 3.63) is 57.7 Å². The largest absolute Gasteiger partial charge is 0.369 e. The molecule has 1 fully saturated rings. The van der Waals surface area contributed by atoms with Crippen LogP contribution >= 0.6 is 11.6 Å². The molecule has 1 aliphatic rings. The van der Waals surface area contributed by atoms with E-state index in [-0.39, 0.29) is 10.5 Å². The summed E-state index contributed by atoms with van der Waals surface area (Å²) in [5, 5.41) is 5.01. The Balaban J connectivity index is 1.61. The molecule has 0 N–H and O–H groups in total. The van der Waals surface area contributed by atoms with Gasteiger partial charge in [-0.1, -0.05) is 18.5 Å². The second kappa shape index (κ2) is 8.05. The van der Waals surface area contributed by atoms with E-state index < -0.39 is 10.0 Å². The number of halogens is 1. The van der Waals surface area contributed by atoms with Crippen molar-refractivity contribution < 1.29 is 8.42 Å². The molecular formula is C20H24ClN5O3S. The highest BCUT2D eigenvalue weighted by Gasteiger charge is 2.30. The highest BCUT2D eigenvalue weighted by molar-refractivity contribution is 7.89. The Labute approximate surface area is 180 Å². The zero-order valence-corrected chi connectivity index (χ0v) is 18.5. The van der Waals surface area contributed by atoms with Crippen LogP contribution in [0.5, 0.6) is 0 Å². The predicted octanol–water partition coefficient (Wildman–Crippen LogP) is 2.24. The van der Waals surface area contributed by atoms with Crippen LogP contribution in [0, 0.1) is 0 Å². The van der Waals surface area contributed by atoms with Crippen LogP contribution in [0.1, 0.15) is 19.7 Å². The van der Waals surface area contributed by atoms with Crippen molar-refractivity contribution >= 4 is 32.8 Å². The highest BCUT2D eigenvalue weighted by Crippen LogP contribution is 2.23. The van der Waals surface area contributed by atoms with Crippen LogP contribution in [0.4, 0.5) is 5.69 Å². The predicted molar refractivity (Wildman–Crippen MR) is 117 cm³/mol. The van der Waals surface area contributed by atoms with E-state index in [0.29, 0.717) is 55.5 Å². The lowest BCUT2D eigenvalue weighted by atomic mass is 10.2. The third-order valence-electron chi connectivity index (χ3n) is 5.45. The molecule has 10 heteroatoms. The number of sulfonamides is 1. The molecular weight excluding hydrogens is 426 g/mol. The van der Waals surface area contributed by atoms with Gasteiger partial charge in [-0.2, -0.15) is 9.40 Å². The molecule has 0 spiro atoms. The second-order valence-electron chi connectivity index (χ2n) is 7.19. The van der Waals surface area contributed by atoms with E-state index in [9.17, 15) is 13.2 Å². The molecule has 30 heavy (non-hydrogen) atoms. The van der Waals surface area contributed by atoms with Crippen LogP contribution in [0.3, 0.4) is 0 Å². The zero-order chi connectivity index (χ0) is 21.5. The van der Waals surface area contributed by atoms with Crippen molar-refractivity contribution in [3.63, 3.8) is 0 Å². The van der Waals surface area contributed by atoms with Crippen LogP contribution < -0.4 is 10.5 Å². The zero-order valence-electron chi connectivity index (χ0n) is 17.0. The fraction of sp³-hybridized carbons (Fsp3) is 0.400. The quantitative estimate of drug-likeness (QED) is 0.596. The molecule has 3 heterocycles. The van der Waals surface area contributed by atoms with E-state index in [1.54, 1.807) is 4.40 Å². The van der Waals surface area contributed by atoms with Gasteiger partial charge >= 0.3 is 0 Å². The van der Waals surface area contributed by atoms with Gasteiger partial charge in [-0.3, -0.25) is 9.20 Å². The van der Waals surface area contributed by atoms with Crippen LogP contribution in [0.15, 0.2) is 46.2 Å². The van der Waals surface area contributed by atoms with Gasteiger partial charge in [-0.05, 0) is 37.3 Å². The molecule has 0 radical (unpaired) electrons. The first-order valence-corrected chi connectivity index (χ1v) is 11.8. The van der Waals surface area contributed by atoms with Gasteiger partial charge in [0, 0.05) is 56.1 Å². The Bertz CT molecular complexity index is 1230. The van der Waals surface area contributed by atoms with Gasteiger partial charge in [0.1, 0.15) is 16.2 Å². The Hall–Kier alpha value is -2.36. The number of hydrogen-bond donors (Lipinski definition) is 0. The Morgan fingerprint density at radius 1 is 1.07 bits per heavy atom. The summed E-state index contributed by atoms with van der Waals surface area (Å²) in [7, 11) is -3.71. The molecule has 1 saturated heterocycles. The minimum absolute atomic E-state index is 0.130. The summed E-state index contributed by atoms with van der Waals surface area (Å²) in [6, 6.07) is 9.00. The topological polar surface area (TPSA) is 79.9 Å². The van der Waals surface area contributed by atoms with Gasteiger partial charge in [-0.15, -0.1) is 0 Å². The van der Waals surface area contributed by atoms with Crippen molar-refractivity contribution in [2.45, 2.75) is 31.7 Å². The third kappa shape index (κ3) is 3.61. The molecule has 2 aromatic heterocycles. The summed E-state index contributed by atoms with van der Waals surface area (Å²) in [5.41, 5.74) is 1.07. The highest BCUT2D eigenvalue weighted by atomic mass is 35.5. The smallest absolute Gasteiger partial charge is 0.291 e. The molecule has 0 aliphatic carbocycles. The van der Waals surface area contributed by atoms with Crippen molar-refractivity contribution in [3.8, 4) is 0 Å². The first-order valence-electron chi connectivity index (χ1n) is 9.98. The number of rotatable bonds is 5. The molecule has 0 bridgehead atoms. The monoisotopic (exact) mass is 449 g/mol. The standard InChI is InChI=1S/C20H24ClN5O3S/c1-3-19-22-26(4-2)20(27)18-13-17(14-25(18)19)30(28,29)24-11-9-23(10-12-24)16-7-5-15(21)6-8-16/h5-8,13-14H,3-4,9-12H2,1-2H3. The maximum absolute atomic E-state index is 13.3. The number of benzene rings is 1. The van der Waals surface area contributed by atoms with E-state index in [0.717, 1.165) is 5.69 Å². The first kappa shape index (κ1) is 20.9. The normalized spacial score (nSPS) is 15.8. The van der Waals surface area contributed by atoms with Crippen molar-refractivity contribution in [2.75, 3.05) is 31.1 Å². The number of aromatic nitrogens is 3. The number of hydrogen-bond acceptors (Lipinski definition) is 5. The number of aryl methyl sites for hydroxylation is 2. The molecule has 4 rings (SSSR count). The van der Waals surface area contributed by atoms with Crippen LogP contribution in [-0.4, -0.2) is 53.1 Å². The molecule has 1 aliphatic heterocycles. The fourth-order valence-electron chi connectivity index (χ4n) is 3.77. The lowest BCUT2D eigenvalue weighted by Crippen LogP contribution is -2.48. The average Bonchev–Trinajstić information content (AvgIpc) is 3.22. The number of fused-ring (bicyclic) bond motifs is 1. The summed E-state index contributed by atoms with van der Waals surface area (Å²) < 4.78 is 31.0. The Morgan fingerprint density at radius 3 is 2.33 bits per heavy atom. The summed E-state index contributed by atoms with van der Waals surface area (Å²) in [6.07, 6.45) is 2.11. The number of piperazine rings is 1. The third-order valence-corrected chi connectivity index (χ3v) is 7.56. The van der Waals surface area contributed by atoms with Gasteiger partial charge in [0.15, 0.2) is 0 Å². The summed E-state index contributed by atoms with van der Waals surface area (Å²) in [6.45, 7) is 6.10. The van der Waals surface area contributed by atoms with Gasteiger partial charge in [-0.25, -0.2) is 13.1 Å². The summed E-state index contributed by atoms with van der Waals surface area (Å²) in [4.78, 5) is 14.9. The maximum Gasteiger partial charge on any atom is 0.291 e. The summed E-state index contributed by atoms with van der Waals surface area (Å²) >= 11 is 5.95. The Morgan fingerprint density at radius 2 is 1.73 bits per heavy atom. The van der Waals surface area contributed by atoms with Gasteiger partial charge in [0.25, 0.3) is 5.56 Å². The van der Waals surface area contributed by atoms with Crippen molar-refractivity contribution in [2.24, 2.45) is 0 Å². The average molecular weight is 450 g/mol. The van der Waals surface area contributed by atoms with Gasteiger partial charge in [0.05, 0.1) is 0 Å². The van der Waals surface area contributed by atoms with E-state index in [1.807, 2.05) is 38.1 Å². The molecule has 0 amide bonds. The molecule has 0 unspecified atom stereocenters. The molecule has 3 aromatic rings. The lowest BCUT2D eigenvalue weighted by molar-refractivity contribution is 0.385. The molecule has 0 saturated carbocycles. The number of anilines is 1. The molecule has 0 atom stereocenters. The minimum atomic E-state index is -3.71. The fourth-order valence-corrected chi connectivity index (χ4v) is 5.33. The van der Waals surface area contributed by atoms with Gasteiger partial charge < -0.3 is 4.90 Å². The number of nitrogens with zero attached hydrogens (tertiary/aromatic N) is 5. The van der Waals surface area contributed by atoms with Crippen molar-refractivity contribution in [1.82, 2.24) is 18.5 Å². The molecule has 1 aromatic carbocycles. The van der Waals surface area contributed by atoms with E-state index in [2.05, 4.69) is 10.00 Å². The van der Waals surface area contributed by atoms with E-state index in [1.165, 1.54) is 21.3 Å².